The van der Waals surface area contributed by atoms with Crippen LogP contribution in [0.2, 0.25) is 0 Å². The number of benzene rings is 2. The summed E-state index contributed by atoms with van der Waals surface area (Å²) in [5.41, 5.74) is 3.70. The lowest BCUT2D eigenvalue weighted by Gasteiger charge is -2.16. The third kappa shape index (κ3) is 4.08. The molecule has 112 valence electrons. The van der Waals surface area contributed by atoms with Crippen LogP contribution in [0.25, 0.3) is 0 Å². The topological polar surface area (TPSA) is 21.3 Å². The van der Waals surface area contributed by atoms with Gasteiger partial charge >= 0.3 is 0 Å². The Hall–Kier alpha value is -1.80. The molecule has 0 bridgehead atoms. The highest BCUT2D eigenvalue weighted by Gasteiger charge is 2.10. The molecule has 2 aromatic carbocycles. The van der Waals surface area contributed by atoms with Crippen LogP contribution in [0.4, 0.5) is 0 Å². The Morgan fingerprint density at radius 2 is 1.81 bits per heavy atom. The summed E-state index contributed by atoms with van der Waals surface area (Å²) < 4.78 is 6.21. The fraction of sp³-hybridized carbons (Fsp3) is 0.368. The molecular formula is C19H25NO. The highest BCUT2D eigenvalue weighted by molar-refractivity contribution is 5.43. The predicted octanol–water partition coefficient (Wildman–Crippen LogP) is 5.02. The summed E-state index contributed by atoms with van der Waals surface area (Å²) >= 11 is 0. The number of hydrogen-bond acceptors (Lipinski definition) is 2. The summed E-state index contributed by atoms with van der Waals surface area (Å²) in [6.45, 7) is 10.4. The van der Waals surface area contributed by atoms with Gasteiger partial charge in [0.1, 0.15) is 11.5 Å². The fourth-order valence-electron chi connectivity index (χ4n) is 2.37. The van der Waals surface area contributed by atoms with Gasteiger partial charge in [0.15, 0.2) is 0 Å². The van der Waals surface area contributed by atoms with Crippen molar-refractivity contribution in [3.05, 3.63) is 59.2 Å². The van der Waals surface area contributed by atoms with Crippen molar-refractivity contribution in [1.82, 2.24) is 5.32 Å². The van der Waals surface area contributed by atoms with Crippen molar-refractivity contribution < 1.29 is 4.74 Å². The minimum Gasteiger partial charge on any atom is -0.457 e. The van der Waals surface area contributed by atoms with Crippen LogP contribution in [-0.4, -0.2) is 6.54 Å². The van der Waals surface area contributed by atoms with Crippen LogP contribution >= 0.6 is 0 Å². The van der Waals surface area contributed by atoms with Crippen LogP contribution < -0.4 is 10.1 Å². The summed E-state index contributed by atoms with van der Waals surface area (Å²) in [4.78, 5) is 0. The Bertz CT molecular complexity index is 590. The van der Waals surface area contributed by atoms with Gasteiger partial charge in [-0.1, -0.05) is 56.7 Å². The molecule has 0 aliphatic carbocycles. The SMILES string of the molecule is CCNCc1cc(C)ccc1Oc1ccccc1C(C)C. The number of para-hydroxylation sites is 1. The second-order valence-electron chi connectivity index (χ2n) is 5.69. The van der Waals surface area contributed by atoms with Crippen molar-refractivity contribution in [2.75, 3.05) is 6.54 Å². The molecule has 0 heterocycles. The largest absolute Gasteiger partial charge is 0.457 e. The summed E-state index contributed by atoms with van der Waals surface area (Å²) in [6.07, 6.45) is 0. The Labute approximate surface area is 128 Å². The van der Waals surface area contributed by atoms with E-state index in [4.69, 9.17) is 4.74 Å². The average molecular weight is 283 g/mol. The number of nitrogens with one attached hydrogen (secondary N) is 1. The molecule has 1 N–H and O–H groups in total. The maximum atomic E-state index is 6.21. The zero-order chi connectivity index (χ0) is 15.2. The molecule has 2 rings (SSSR count). The molecule has 0 saturated heterocycles. The van der Waals surface area contributed by atoms with Crippen molar-refractivity contribution in [3.8, 4) is 11.5 Å². The Balaban J connectivity index is 2.31. The normalized spacial score (nSPS) is 10.9. The minimum atomic E-state index is 0.448. The highest BCUT2D eigenvalue weighted by Crippen LogP contribution is 2.32. The van der Waals surface area contributed by atoms with Gasteiger partial charge in [0.05, 0.1) is 0 Å². The molecule has 0 atom stereocenters. The molecule has 2 heteroatoms. The highest BCUT2D eigenvalue weighted by atomic mass is 16.5. The summed E-state index contributed by atoms with van der Waals surface area (Å²) in [5.74, 6) is 2.34. The maximum Gasteiger partial charge on any atom is 0.131 e. The lowest BCUT2D eigenvalue weighted by atomic mass is 10.0. The van der Waals surface area contributed by atoms with Crippen LogP contribution in [0.3, 0.4) is 0 Å². The summed E-state index contributed by atoms with van der Waals surface area (Å²) in [5, 5.41) is 3.38. The van der Waals surface area contributed by atoms with Gasteiger partial charge in [-0.25, -0.2) is 0 Å². The number of ether oxygens (including phenoxy) is 1. The van der Waals surface area contributed by atoms with Gasteiger partial charge in [0.2, 0.25) is 0 Å². The van der Waals surface area contributed by atoms with Gasteiger partial charge in [0, 0.05) is 12.1 Å². The molecule has 0 radical (unpaired) electrons. The molecule has 21 heavy (non-hydrogen) atoms. The van der Waals surface area contributed by atoms with E-state index in [1.165, 1.54) is 16.7 Å². The van der Waals surface area contributed by atoms with Gasteiger partial charge in [-0.3, -0.25) is 0 Å². The van der Waals surface area contributed by atoms with E-state index in [9.17, 15) is 0 Å². The molecule has 0 aliphatic rings. The Morgan fingerprint density at radius 1 is 1.05 bits per heavy atom. The van der Waals surface area contributed by atoms with E-state index in [2.05, 4.69) is 63.3 Å². The summed E-state index contributed by atoms with van der Waals surface area (Å²) in [7, 11) is 0. The standard InChI is InChI=1S/C19H25NO/c1-5-20-13-16-12-15(4)10-11-18(16)21-19-9-7-6-8-17(19)14(2)3/h6-12,14,20H,5,13H2,1-4H3. The molecule has 0 saturated carbocycles. The molecule has 2 nitrogen and oxygen atoms in total. The van der Waals surface area contributed by atoms with Crippen LogP contribution in [0, 0.1) is 6.92 Å². The first-order valence-electron chi connectivity index (χ1n) is 7.68. The zero-order valence-corrected chi connectivity index (χ0v) is 13.4. The minimum absolute atomic E-state index is 0.448. The molecule has 0 spiro atoms. The van der Waals surface area contributed by atoms with E-state index in [0.717, 1.165) is 24.6 Å². The number of aryl methyl sites for hydroxylation is 1. The van der Waals surface area contributed by atoms with Crippen molar-refractivity contribution in [2.24, 2.45) is 0 Å². The first kappa shape index (κ1) is 15.6. The zero-order valence-electron chi connectivity index (χ0n) is 13.4. The maximum absolute atomic E-state index is 6.21. The molecule has 0 fully saturated rings. The third-order valence-electron chi connectivity index (χ3n) is 3.54. The van der Waals surface area contributed by atoms with Crippen LogP contribution in [0.1, 0.15) is 43.4 Å². The van der Waals surface area contributed by atoms with Gasteiger partial charge < -0.3 is 10.1 Å². The lowest BCUT2D eigenvalue weighted by Crippen LogP contribution is -2.12. The fourth-order valence-corrected chi connectivity index (χ4v) is 2.37. The lowest BCUT2D eigenvalue weighted by molar-refractivity contribution is 0.464. The molecule has 0 aliphatic heterocycles. The monoisotopic (exact) mass is 283 g/mol. The van der Waals surface area contributed by atoms with E-state index in [-0.39, 0.29) is 0 Å². The molecule has 0 aromatic heterocycles. The van der Waals surface area contributed by atoms with E-state index >= 15 is 0 Å². The van der Waals surface area contributed by atoms with E-state index in [0.29, 0.717) is 5.92 Å². The Kier molecular flexibility index (Phi) is 5.40. The third-order valence-corrected chi connectivity index (χ3v) is 3.54. The van der Waals surface area contributed by atoms with Crippen molar-refractivity contribution >= 4 is 0 Å². The van der Waals surface area contributed by atoms with E-state index < -0.39 is 0 Å². The van der Waals surface area contributed by atoms with E-state index in [1.54, 1.807) is 0 Å². The van der Waals surface area contributed by atoms with Crippen molar-refractivity contribution in [1.29, 1.82) is 0 Å². The average Bonchev–Trinajstić information content (AvgIpc) is 2.47. The molecule has 2 aromatic rings. The first-order chi connectivity index (χ1) is 10.1. The van der Waals surface area contributed by atoms with Crippen LogP contribution in [0.15, 0.2) is 42.5 Å². The quantitative estimate of drug-likeness (QED) is 0.803. The second kappa shape index (κ2) is 7.28. The van der Waals surface area contributed by atoms with Crippen molar-refractivity contribution in [3.63, 3.8) is 0 Å². The van der Waals surface area contributed by atoms with Crippen LogP contribution in [-0.2, 0) is 6.54 Å². The van der Waals surface area contributed by atoms with Gasteiger partial charge in [-0.15, -0.1) is 0 Å². The number of hydrogen-bond donors (Lipinski definition) is 1. The number of rotatable bonds is 6. The second-order valence-corrected chi connectivity index (χ2v) is 5.69. The molecular weight excluding hydrogens is 258 g/mol. The smallest absolute Gasteiger partial charge is 0.131 e. The summed E-state index contributed by atoms with van der Waals surface area (Å²) in [6, 6.07) is 14.6. The first-order valence-corrected chi connectivity index (χ1v) is 7.68. The molecule has 0 unspecified atom stereocenters. The predicted molar refractivity (Wildman–Crippen MR) is 89.2 cm³/mol. The van der Waals surface area contributed by atoms with E-state index in [1.807, 2.05) is 12.1 Å². The van der Waals surface area contributed by atoms with Crippen LogP contribution in [0.5, 0.6) is 11.5 Å². The van der Waals surface area contributed by atoms with Gasteiger partial charge in [-0.2, -0.15) is 0 Å². The Morgan fingerprint density at radius 3 is 2.52 bits per heavy atom. The van der Waals surface area contributed by atoms with Gasteiger partial charge in [0.25, 0.3) is 0 Å². The van der Waals surface area contributed by atoms with Crippen molar-refractivity contribution in [2.45, 2.75) is 40.2 Å². The van der Waals surface area contributed by atoms with Gasteiger partial charge in [-0.05, 0) is 37.1 Å². The molecule has 0 amide bonds.